The molecule has 2 rings (SSSR count). The van der Waals surface area contributed by atoms with E-state index in [2.05, 4.69) is 4.72 Å². The third kappa shape index (κ3) is 4.67. The number of amides is 1. The van der Waals surface area contributed by atoms with Gasteiger partial charge in [0.1, 0.15) is 0 Å². The van der Waals surface area contributed by atoms with Crippen LogP contribution in [0.3, 0.4) is 0 Å². The number of nitrogens with one attached hydrogen (secondary N) is 1. The average molecular weight is 360 g/mol. The van der Waals surface area contributed by atoms with Gasteiger partial charge in [0.05, 0.1) is 4.90 Å². The van der Waals surface area contributed by atoms with Gasteiger partial charge in [0.2, 0.25) is 15.9 Å². The Hall–Kier alpha value is -2.18. The van der Waals surface area contributed by atoms with Gasteiger partial charge in [-0.05, 0) is 44.0 Å². The molecule has 0 aliphatic heterocycles. The maximum Gasteiger partial charge on any atom is 0.240 e. The molecule has 134 valence electrons. The first kappa shape index (κ1) is 19.1. The van der Waals surface area contributed by atoms with Crippen molar-refractivity contribution < 1.29 is 13.2 Å². The fraction of sp³-hybridized carbons (Fsp3) is 0.316. The maximum atomic E-state index is 12.4. The summed E-state index contributed by atoms with van der Waals surface area (Å²) in [6.07, 6.45) is 0. The van der Waals surface area contributed by atoms with Crippen molar-refractivity contribution in [3.05, 3.63) is 59.2 Å². The molecule has 25 heavy (non-hydrogen) atoms. The Morgan fingerprint density at radius 3 is 2.08 bits per heavy atom. The third-order valence-corrected chi connectivity index (χ3v) is 5.53. The number of carbonyl (C=O) groups is 1. The second-order valence-electron chi connectivity index (χ2n) is 6.12. The second-order valence-corrected chi connectivity index (χ2v) is 7.89. The van der Waals surface area contributed by atoms with Crippen molar-refractivity contribution in [2.75, 3.05) is 18.0 Å². The van der Waals surface area contributed by atoms with Crippen LogP contribution in [0.4, 0.5) is 5.69 Å². The zero-order valence-electron chi connectivity index (χ0n) is 15.0. The zero-order chi connectivity index (χ0) is 18.6. The van der Waals surface area contributed by atoms with E-state index in [9.17, 15) is 13.2 Å². The summed E-state index contributed by atoms with van der Waals surface area (Å²) in [6, 6.07) is 12.5. The van der Waals surface area contributed by atoms with Crippen LogP contribution >= 0.6 is 0 Å². The summed E-state index contributed by atoms with van der Waals surface area (Å²) < 4.78 is 27.3. The van der Waals surface area contributed by atoms with Crippen molar-refractivity contribution in [3.63, 3.8) is 0 Å². The minimum Gasteiger partial charge on any atom is -0.311 e. The molecule has 1 N–H and O–H groups in total. The first-order valence-corrected chi connectivity index (χ1v) is 9.61. The van der Waals surface area contributed by atoms with Gasteiger partial charge in [-0.3, -0.25) is 4.79 Å². The summed E-state index contributed by atoms with van der Waals surface area (Å²) in [4.78, 5) is 13.9. The van der Waals surface area contributed by atoms with Gasteiger partial charge in [0.25, 0.3) is 0 Å². The summed E-state index contributed by atoms with van der Waals surface area (Å²) in [7, 11) is -3.59. The number of sulfonamides is 1. The fourth-order valence-electron chi connectivity index (χ4n) is 2.75. The van der Waals surface area contributed by atoms with Crippen molar-refractivity contribution in [3.8, 4) is 0 Å². The normalized spacial score (nSPS) is 11.4. The van der Waals surface area contributed by atoms with Crippen molar-refractivity contribution in [1.82, 2.24) is 4.72 Å². The van der Waals surface area contributed by atoms with Gasteiger partial charge >= 0.3 is 0 Å². The number of hydrogen-bond acceptors (Lipinski definition) is 3. The first-order chi connectivity index (χ1) is 11.7. The number of para-hydroxylation sites is 1. The van der Waals surface area contributed by atoms with Gasteiger partial charge in [0.15, 0.2) is 0 Å². The molecule has 0 saturated carbocycles. The Morgan fingerprint density at radius 2 is 1.56 bits per heavy atom. The molecule has 0 radical (unpaired) electrons. The Morgan fingerprint density at radius 1 is 1.00 bits per heavy atom. The van der Waals surface area contributed by atoms with Crippen molar-refractivity contribution >= 4 is 21.6 Å². The van der Waals surface area contributed by atoms with Crippen LogP contribution in [0.1, 0.15) is 23.6 Å². The molecular formula is C19H24N2O3S. The summed E-state index contributed by atoms with van der Waals surface area (Å²) in [5.74, 6) is -0.119. The molecule has 0 saturated heterocycles. The van der Waals surface area contributed by atoms with Crippen LogP contribution in [0.15, 0.2) is 47.4 Å². The zero-order valence-corrected chi connectivity index (χ0v) is 15.9. The van der Waals surface area contributed by atoms with Crippen molar-refractivity contribution in [1.29, 1.82) is 0 Å². The Labute approximate surface area is 149 Å². The van der Waals surface area contributed by atoms with E-state index in [1.807, 2.05) is 39.0 Å². The van der Waals surface area contributed by atoms with E-state index in [0.717, 1.165) is 22.4 Å². The standard InChI is InChI=1S/C19H24N2O3S/c1-14-8-10-18(11-9-14)25(23,24)20-12-13-21(17(4)22)19-15(2)6-5-7-16(19)3/h5-11,20H,12-13H2,1-4H3. The number of hydrogen-bond donors (Lipinski definition) is 1. The monoisotopic (exact) mass is 360 g/mol. The molecule has 0 atom stereocenters. The molecule has 0 aromatic heterocycles. The third-order valence-electron chi connectivity index (χ3n) is 4.05. The largest absolute Gasteiger partial charge is 0.311 e. The van der Waals surface area contributed by atoms with Gasteiger partial charge in [-0.25, -0.2) is 13.1 Å². The van der Waals surface area contributed by atoms with Gasteiger partial charge in [-0.2, -0.15) is 0 Å². The summed E-state index contributed by atoms with van der Waals surface area (Å²) >= 11 is 0. The van der Waals surface area contributed by atoms with E-state index >= 15 is 0 Å². The lowest BCUT2D eigenvalue weighted by molar-refractivity contribution is -0.116. The van der Waals surface area contributed by atoms with E-state index in [4.69, 9.17) is 0 Å². The topological polar surface area (TPSA) is 66.5 Å². The number of rotatable bonds is 6. The van der Waals surface area contributed by atoms with Crippen LogP contribution in [0.2, 0.25) is 0 Å². The van der Waals surface area contributed by atoms with Crippen molar-refractivity contribution in [2.24, 2.45) is 0 Å². The molecule has 0 aliphatic rings. The summed E-state index contributed by atoms with van der Waals surface area (Å²) in [5, 5.41) is 0. The van der Waals surface area contributed by atoms with Crippen LogP contribution in [0.25, 0.3) is 0 Å². The summed E-state index contributed by atoms with van der Waals surface area (Å²) in [5.41, 5.74) is 3.80. The predicted octanol–water partition coefficient (Wildman–Crippen LogP) is 2.94. The van der Waals surface area contributed by atoms with Crippen LogP contribution in [-0.4, -0.2) is 27.4 Å². The SMILES string of the molecule is CC(=O)N(CCNS(=O)(=O)c1ccc(C)cc1)c1c(C)cccc1C. The predicted molar refractivity (Wildman–Crippen MR) is 100 cm³/mol. The minimum atomic E-state index is -3.59. The molecule has 0 unspecified atom stereocenters. The van der Waals surface area contributed by atoms with Gasteiger partial charge in [-0.15, -0.1) is 0 Å². The molecule has 0 aliphatic carbocycles. The highest BCUT2D eigenvalue weighted by molar-refractivity contribution is 7.89. The smallest absolute Gasteiger partial charge is 0.240 e. The molecule has 0 bridgehead atoms. The highest BCUT2D eigenvalue weighted by atomic mass is 32.2. The number of aryl methyl sites for hydroxylation is 3. The fourth-order valence-corrected chi connectivity index (χ4v) is 3.77. The highest BCUT2D eigenvalue weighted by Crippen LogP contribution is 2.24. The summed E-state index contributed by atoms with van der Waals surface area (Å²) in [6.45, 7) is 7.68. The average Bonchev–Trinajstić information content (AvgIpc) is 2.53. The highest BCUT2D eigenvalue weighted by Gasteiger charge is 2.18. The van der Waals surface area contributed by atoms with E-state index in [0.29, 0.717) is 0 Å². The molecule has 0 spiro atoms. The molecule has 5 nitrogen and oxygen atoms in total. The Bertz CT molecular complexity index is 838. The molecule has 0 heterocycles. The van der Waals surface area contributed by atoms with E-state index in [-0.39, 0.29) is 23.9 Å². The number of nitrogens with zero attached hydrogens (tertiary/aromatic N) is 1. The lowest BCUT2D eigenvalue weighted by Crippen LogP contribution is -2.38. The molecule has 2 aromatic rings. The first-order valence-electron chi connectivity index (χ1n) is 8.13. The van der Waals surface area contributed by atoms with Gasteiger partial charge < -0.3 is 4.90 Å². The lowest BCUT2D eigenvalue weighted by atomic mass is 10.1. The van der Waals surface area contributed by atoms with E-state index in [1.54, 1.807) is 29.2 Å². The van der Waals surface area contributed by atoms with Crippen LogP contribution in [0, 0.1) is 20.8 Å². The van der Waals surface area contributed by atoms with Crippen LogP contribution < -0.4 is 9.62 Å². The second kappa shape index (κ2) is 7.80. The maximum absolute atomic E-state index is 12.4. The Balaban J connectivity index is 2.12. The molecule has 6 heteroatoms. The molecule has 0 fully saturated rings. The van der Waals surface area contributed by atoms with E-state index < -0.39 is 10.0 Å². The van der Waals surface area contributed by atoms with Gasteiger partial charge in [-0.1, -0.05) is 35.9 Å². The number of anilines is 1. The van der Waals surface area contributed by atoms with Crippen LogP contribution in [-0.2, 0) is 14.8 Å². The Kier molecular flexibility index (Phi) is 5.98. The number of benzene rings is 2. The van der Waals surface area contributed by atoms with E-state index in [1.165, 1.54) is 6.92 Å². The van der Waals surface area contributed by atoms with Crippen LogP contribution in [0.5, 0.6) is 0 Å². The molecule has 2 aromatic carbocycles. The molecule has 1 amide bonds. The lowest BCUT2D eigenvalue weighted by Gasteiger charge is -2.25. The van der Waals surface area contributed by atoms with Gasteiger partial charge in [0, 0.05) is 25.7 Å². The minimum absolute atomic E-state index is 0.119. The molecular weight excluding hydrogens is 336 g/mol. The quantitative estimate of drug-likeness (QED) is 0.861. The number of carbonyl (C=O) groups excluding carboxylic acids is 1. The van der Waals surface area contributed by atoms with Crippen molar-refractivity contribution in [2.45, 2.75) is 32.6 Å².